The van der Waals surface area contributed by atoms with Gasteiger partial charge in [0, 0.05) is 0 Å². The molecule has 10 heteroatoms. The number of rotatable bonds is 7. The minimum Gasteiger partial charge on any atom is -0.444 e. The largest absolute Gasteiger partial charge is 0.444 e. The van der Waals surface area contributed by atoms with Crippen LogP contribution in [0.2, 0.25) is 0 Å². The SMILES string of the molecule is CC(C)(C)OC(=O)Nc1ccc(CCCCc2ccc(NC(=O)OC(C)(C)C)nn2)nn1. The lowest BCUT2D eigenvalue weighted by atomic mass is 10.1. The van der Waals surface area contributed by atoms with Crippen LogP contribution in [0.15, 0.2) is 24.3 Å². The second-order valence-electron chi connectivity index (χ2n) is 9.28. The van der Waals surface area contributed by atoms with Crippen LogP contribution in [0, 0.1) is 0 Å². The Kier molecular flexibility index (Phi) is 8.45. The number of amides is 2. The number of carbonyl (C=O) groups excluding carboxylic acids is 2. The molecule has 0 aliphatic heterocycles. The molecule has 0 saturated heterocycles. The fraction of sp³-hybridized carbons (Fsp3) is 0.545. The standard InChI is InChI=1S/C22H32N6O4/c1-21(2,3)31-19(29)23-17-13-11-15(25-27-17)9-7-8-10-16-12-14-18(28-26-16)24-20(30)32-22(4,5)6/h11-14H,7-10H2,1-6H3,(H,23,27,29)(H,24,28,30). The van der Waals surface area contributed by atoms with E-state index >= 15 is 0 Å². The average Bonchev–Trinajstić information content (AvgIpc) is 2.64. The maximum atomic E-state index is 11.7. The molecular formula is C22H32N6O4. The van der Waals surface area contributed by atoms with Crippen LogP contribution in [0.5, 0.6) is 0 Å². The van der Waals surface area contributed by atoms with E-state index in [1.54, 1.807) is 53.7 Å². The lowest BCUT2D eigenvalue weighted by Crippen LogP contribution is -2.27. The Labute approximate surface area is 188 Å². The van der Waals surface area contributed by atoms with E-state index in [1.807, 2.05) is 12.1 Å². The summed E-state index contributed by atoms with van der Waals surface area (Å²) in [5, 5.41) is 21.4. The normalized spacial score (nSPS) is 11.6. The first-order chi connectivity index (χ1) is 14.9. The predicted molar refractivity (Wildman–Crippen MR) is 120 cm³/mol. The maximum Gasteiger partial charge on any atom is 0.413 e. The van der Waals surface area contributed by atoms with Crippen molar-refractivity contribution in [2.24, 2.45) is 0 Å². The number of hydrogen-bond acceptors (Lipinski definition) is 8. The third-order valence-electron chi connectivity index (χ3n) is 3.81. The van der Waals surface area contributed by atoms with Crippen LogP contribution in [0.3, 0.4) is 0 Å². The molecule has 2 aromatic rings. The fourth-order valence-electron chi connectivity index (χ4n) is 2.55. The van der Waals surface area contributed by atoms with Gasteiger partial charge >= 0.3 is 12.2 Å². The molecule has 2 amide bonds. The summed E-state index contributed by atoms with van der Waals surface area (Å²) in [7, 11) is 0. The third kappa shape index (κ3) is 10.1. The summed E-state index contributed by atoms with van der Waals surface area (Å²) in [4.78, 5) is 23.5. The van der Waals surface area contributed by atoms with Gasteiger partial charge in [-0.2, -0.15) is 10.2 Å². The van der Waals surface area contributed by atoms with E-state index in [4.69, 9.17) is 9.47 Å². The lowest BCUT2D eigenvalue weighted by molar-refractivity contribution is 0.0623. The summed E-state index contributed by atoms with van der Waals surface area (Å²) in [5.41, 5.74) is 0.526. The molecule has 0 fully saturated rings. The molecule has 0 bridgehead atoms. The second kappa shape index (κ2) is 10.8. The van der Waals surface area contributed by atoms with Crippen molar-refractivity contribution in [1.82, 2.24) is 20.4 Å². The van der Waals surface area contributed by atoms with Crippen molar-refractivity contribution in [3.63, 3.8) is 0 Å². The minimum absolute atomic E-state index is 0.346. The van der Waals surface area contributed by atoms with Crippen molar-refractivity contribution in [3.05, 3.63) is 35.7 Å². The molecule has 174 valence electrons. The molecule has 2 rings (SSSR count). The smallest absolute Gasteiger partial charge is 0.413 e. The van der Waals surface area contributed by atoms with Crippen LogP contribution in [0.4, 0.5) is 21.2 Å². The molecule has 0 aliphatic rings. The first kappa shape index (κ1) is 25.0. The summed E-state index contributed by atoms with van der Waals surface area (Å²) in [6, 6.07) is 7.07. The lowest BCUT2D eigenvalue weighted by Gasteiger charge is -2.19. The molecule has 0 saturated carbocycles. The summed E-state index contributed by atoms with van der Waals surface area (Å²) in [6.07, 6.45) is 2.18. The number of aryl methyl sites for hydroxylation is 2. The second-order valence-corrected chi connectivity index (χ2v) is 9.28. The Bertz CT molecular complexity index is 811. The van der Waals surface area contributed by atoms with E-state index in [0.29, 0.717) is 11.6 Å². The number of ether oxygens (including phenoxy) is 2. The first-order valence-electron chi connectivity index (χ1n) is 10.5. The van der Waals surface area contributed by atoms with Crippen molar-refractivity contribution < 1.29 is 19.1 Å². The van der Waals surface area contributed by atoms with E-state index < -0.39 is 23.4 Å². The molecule has 0 aliphatic carbocycles. The van der Waals surface area contributed by atoms with E-state index in [-0.39, 0.29) is 0 Å². The summed E-state index contributed by atoms with van der Waals surface area (Å²) in [6.45, 7) is 10.8. The molecule has 0 atom stereocenters. The van der Waals surface area contributed by atoms with Crippen molar-refractivity contribution in [2.75, 3.05) is 10.6 Å². The van der Waals surface area contributed by atoms with E-state index in [9.17, 15) is 9.59 Å². The van der Waals surface area contributed by atoms with Gasteiger partial charge in [0.2, 0.25) is 0 Å². The van der Waals surface area contributed by atoms with Gasteiger partial charge in [-0.05, 0) is 91.5 Å². The predicted octanol–water partition coefficient (Wildman–Crippen LogP) is 4.53. The molecule has 10 nitrogen and oxygen atoms in total. The summed E-state index contributed by atoms with van der Waals surface area (Å²) in [5.74, 6) is 0.691. The molecule has 0 radical (unpaired) electrons. The zero-order chi connectivity index (χ0) is 23.8. The number of aromatic nitrogens is 4. The zero-order valence-corrected chi connectivity index (χ0v) is 19.6. The van der Waals surface area contributed by atoms with E-state index in [0.717, 1.165) is 37.1 Å². The molecule has 2 heterocycles. The molecule has 0 spiro atoms. The van der Waals surface area contributed by atoms with Crippen LogP contribution < -0.4 is 10.6 Å². The molecular weight excluding hydrogens is 412 g/mol. The average molecular weight is 445 g/mol. The number of anilines is 2. The van der Waals surface area contributed by atoms with Crippen LogP contribution >= 0.6 is 0 Å². The monoisotopic (exact) mass is 444 g/mol. The van der Waals surface area contributed by atoms with Crippen molar-refractivity contribution in [2.45, 2.75) is 78.4 Å². The topological polar surface area (TPSA) is 128 Å². The summed E-state index contributed by atoms with van der Waals surface area (Å²) < 4.78 is 10.4. The van der Waals surface area contributed by atoms with E-state index in [2.05, 4.69) is 31.0 Å². The Morgan fingerprint density at radius 2 is 1.06 bits per heavy atom. The Balaban J connectivity index is 1.71. The highest BCUT2D eigenvalue weighted by atomic mass is 16.6. The fourth-order valence-corrected chi connectivity index (χ4v) is 2.55. The molecule has 32 heavy (non-hydrogen) atoms. The van der Waals surface area contributed by atoms with Gasteiger partial charge in [-0.3, -0.25) is 10.6 Å². The highest BCUT2D eigenvalue weighted by molar-refractivity contribution is 5.83. The van der Waals surface area contributed by atoms with Gasteiger partial charge in [-0.1, -0.05) is 0 Å². The highest BCUT2D eigenvalue weighted by Crippen LogP contribution is 2.12. The van der Waals surface area contributed by atoms with Gasteiger partial charge < -0.3 is 9.47 Å². The number of carbonyl (C=O) groups is 2. The quantitative estimate of drug-likeness (QED) is 0.596. The van der Waals surface area contributed by atoms with E-state index in [1.165, 1.54) is 0 Å². The summed E-state index contributed by atoms with van der Waals surface area (Å²) >= 11 is 0. The van der Waals surface area contributed by atoms with Gasteiger partial charge in [-0.15, -0.1) is 10.2 Å². The number of hydrogen-bond donors (Lipinski definition) is 2. The van der Waals surface area contributed by atoms with Gasteiger partial charge in [0.15, 0.2) is 11.6 Å². The Morgan fingerprint density at radius 1 is 0.688 bits per heavy atom. The van der Waals surface area contributed by atoms with Gasteiger partial charge in [0.25, 0.3) is 0 Å². The van der Waals surface area contributed by atoms with Crippen LogP contribution in [0.25, 0.3) is 0 Å². The van der Waals surface area contributed by atoms with Crippen molar-refractivity contribution >= 4 is 23.8 Å². The molecule has 0 aromatic carbocycles. The van der Waals surface area contributed by atoms with Crippen molar-refractivity contribution in [1.29, 1.82) is 0 Å². The third-order valence-corrected chi connectivity index (χ3v) is 3.81. The van der Waals surface area contributed by atoms with Crippen LogP contribution in [0.1, 0.15) is 65.8 Å². The molecule has 0 unspecified atom stereocenters. The number of nitrogens with one attached hydrogen (secondary N) is 2. The molecule has 2 aromatic heterocycles. The first-order valence-corrected chi connectivity index (χ1v) is 10.5. The molecule has 2 N–H and O–H groups in total. The van der Waals surface area contributed by atoms with Gasteiger partial charge in [0.05, 0.1) is 11.4 Å². The highest BCUT2D eigenvalue weighted by Gasteiger charge is 2.17. The van der Waals surface area contributed by atoms with Crippen LogP contribution in [-0.2, 0) is 22.3 Å². The number of unbranched alkanes of at least 4 members (excludes halogenated alkanes) is 1. The van der Waals surface area contributed by atoms with Gasteiger partial charge in [-0.25, -0.2) is 9.59 Å². The van der Waals surface area contributed by atoms with Crippen molar-refractivity contribution in [3.8, 4) is 0 Å². The number of nitrogens with zero attached hydrogens (tertiary/aromatic N) is 4. The Hall–Kier alpha value is -3.30. The Morgan fingerprint density at radius 3 is 1.34 bits per heavy atom. The van der Waals surface area contributed by atoms with Gasteiger partial charge in [0.1, 0.15) is 11.2 Å². The minimum atomic E-state index is -0.573. The zero-order valence-electron chi connectivity index (χ0n) is 19.6. The maximum absolute atomic E-state index is 11.7. The van der Waals surface area contributed by atoms with Crippen LogP contribution in [-0.4, -0.2) is 43.8 Å².